The van der Waals surface area contributed by atoms with Gasteiger partial charge in [-0.1, -0.05) is 6.07 Å². The number of hydrogen-bond donors (Lipinski definition) is 2. The molecule has 1 aliphatic heterocycles. The van der Waals surface area contributed by atoms with Crippen molar-refractivity contribution < 1.29 is 28.3 Å². The lowest BCUT2D eigenvalue weighted by Gasteiger charge is -2.20. The number of rotatable bonds is 3. The van der Waals surface area contributed by atoms with Crippen LogP contribution in [0, 0.1) is 3.57 Å². The fraction of sp³-hybridized carbons (Fsp3) is 0.304. The average molecular weight is 706 g/mol. The number of pyridine rings is 1. The number of nitrogens with zero attached hydrogens (tertiary/aromatic N) is 2. The molecule has 186 valence electrons. The van der Waals surface area contributed by atoms with Crippen molar-refractivity contribution in [3.05, 3.63) is 34.2 Å². The summed E-state index contributed by atoms with van der Waals surface area (Å²) < 4.78 is 18.4. The van der Waals surface area contributed by atoms with Crippen LogP contribution in [0.1, 0.15) is 33.6 Å². The molecule has 3 N–H and O–H groups in total. The summed E-state index contributed by atoms with van der Waals surface area (Å²) in [6.45, 7) is 5.41. The van der Waals surface area contributed by atoms with Crippen molar-refractivity contribution in [2.24, 2.45) is 0 Å². The minimum Gasteiger partial charge on any atom is -0.495 e. The van der Waals surface area contributed by atoms with Crippen LogP contribution in [0.2, 0.25) is 0 Å². The summed E-state index contributed by atoms with van der Waals surface area (Å²) in [4.78, 5) is 37.2. The van der Waals surface area contributed by atoms with Crippen molar-refractivity contribution in [2.75, 3.05) is 18.2 Å². The minimum atomic E-state index is -0.589. The van der Waals surface area contributed by atoms with E-state index in [0.29, 0.717) is 35.7 Å². The van der Waals surface area contributed by atoms with Gasteiger partial charge < -0.3 is 19.6 Å². The van der Waals surface area contributed by atoms with E-state index in [-0.39, 0.29) is 11.8 Å². The van der Waals surface area contributed by atoms with Crippen LogP contribution in [0.5, 0.6) is 5.75 Å². The van der Waals surface area contributed by atoms with E-state index in [1.165, 1.54) is 7.11 Å². The number of anilines is 2. The lowest BCUT2D eigenvalue weighted by Crippen LogP contribution is -2.27. The number of hydrogen-bond acceptors (Lipinski definition) is 8. The molecule has 1 aliphatic rings. The number of benzene rings is 1. The van der Waals surface area contributed by atoms with Gasteiger partial charge in [0.25, 0.3) is 0 Å². The van der Waals surface area contributed by atoms with E-state index >= 15 is 0 Å². The minimum absolute atomic E-state index is 0.0735. The third-order valence-electron chi connectivity index (χ3n) is 4.72. The highest BCUT2D eigenvalue weighted by molar-refractivity contribution is 14.1. The Labute approximate surface area is 229 Å². The first-order chi connectivity index (χ1) is 16.4. The van der Waals surface area contributed by atoms with Crippen molar-refractivity contribution in [1.29, 1.82) is 0 Å². The molecule has 3 aromatic rings. The standard InChI is InChI=1S/C19H20IN3O4.C4H4INO2/c1-19(2,3)27-18(24)23-13-6-5-10(7-14(13)25-4)11-9-26-16-12(20)8-22-17(21)15(11)16;5-6-3(7)1-2-4(6)8/h5-9H,1-4H3,(H2,21,22)(H,23,24);1-2H2. The van der Waals surface area contributed by atoms with Gasteiger partial charge >= 0.3 is 6.09 Å². The van der Waals surface area contributed by atoms with Crippen LogP contribution in [0.25, 0.3) is 22.1 Å². The van der Waals surface area contributed by atoms with Gasteiger partial charge in [0, 0.05) is 24.6 Å². The van der Waals surface area contributed by atoms with Crippen LogP contribution >= 0.6 is 45.5 Å². The van der Waals surface area contributed by atoms with Gasteiger partial charge in [0.05, 0.1) is 50.9 Å². The SMILES string of the molecule is COc1cc(-c2coc3c(I)cnc(N)c23)ccc1NC(=O)OC(C)(C)C.O=C1CCC(=O)N1I. The molecule has 0 aliphatic carbocycles. The first-order valence-electron chi connectivity index (χ1n) is 10.4. The summed E-state index contributed by atoms with van der Waals surface area (Å²) in [6, 6.07) is 5.39. The number of carbonyl (C=O) groups is 3. The van der Waals surface area contributed by atoms with Gasteiger partial charge in [-0.2, -0.15) is 0 Å². The third kappa shape index (κ3) is 6.54. The quantitative estimate of drug-likeness (QED) is 0.207. The van der Waals surface area contributed by atoms with Gasteiger partial charge in [-0.25, -0.2) is 12.9 Å². The van der Waals surface area contributed by atoms with E-state index in [9.17, 15) is 14.4 Å². The molecule has 35 heavy (non-hydrogen) atoms. The molecule has 10 nitrogen and oxygen atoms in total. The number of halogens is 2. The molecule has 0 spiro atoms. The Morgan fingerprint density at radius 1 is 1.23 bits per heavy atom. The number of nitrogen functional groups attached to an aromatic ring is 1. The predicted molar refractivity (Wildman–Crippen MR) is 148 cm³/mol. The molecule has 1 fully saturated rings. The second-order valence-corrected chi connectivity index (χ2v) is 10.6. The molecular formula is C23H24I2N4O6. The van der Waals surface area contributed by atoms with Crippen LogP contribution in [-0.4, -0.2) is 38.7 Å². The summed E-state index contributed by atoms with van der Waals surface area (Å²) in [5.74, 6) is 0.736. The maximum Gasteiger partial charge on any atom is 0.412 e. The molecular weight excluding hydrogens is 682 g/mol. The number of fused-ring (bicyclic) bond motifs is 1. The van der Waals surface area contributed by atoms with Crippen molar-refractivity contribution in [3.8, 4) is 16.9 Å². The maximum atomic E-state index is 12.0. The monoisotopic (exact) mass is 706 g/mol. The summed E-state index contributed by atoms with van der Waals surface area (Å²) in [5, 5.41) is 3.45. The van der Waals surface area contributed by atoms with E-state index < -0.39 is 11.7 Å². The topological polar surface area (TPSA) is 137 Å². The molecule has 1 aromatic carbocycles. The van der Waals surface area contributed by atoms with Crippen molar-refractivity contribution in [1.82, 2.24) is 8.10 Å². The number of carbonyl (C=O) groups excluding carboxylic acids is 3. The third-order valence-corrected chi connectivity index (χ3v) is 6.56. The van der Waals surface area contributed by atoms with E-state index in [2.05, 4.69) is 32.9 Å². The van der Waals surface area contributed by atoms with E-state index in [4.69, 9.17) is 19.6 Å². The highest BCUT2D eigenvalue weighted by Crippen LogP contribution is 2.38. The van der Waals surface area contributed by atoms with Crippen LogP contribution < -0.4 is 15.8 Å². The molecule has 0 unspecified atom stereocenters. The first kappa shape index (κ1) is 27.0. The van der Waals surface area contributed by atoms with E-state index in [0.717, 1.165) is 23.2 Å². The molecule has 12 heteroatoms. The fourth-order valence-corrected chi connectivity index (χ4v) is 4.19. The van der Waals surface area contributed by atoms with Gasteiger partial charge in [0.1, 0.15) is 17.2 Å². The molecule has 2 aromatic heterocycles. The largest absolute Gasteiger partial charge is 0.495 e. The molecule has 1 saturated heterocycles. The Balaban J connectivity index is 0.000000363. The number of methoxy groups -OCH3 is 1. The van der Waals surface area contributed by atoms with Crippen LogP contribution in [0.4, 0.5) is 16.3 Å². The summed E-state index contributed by atoms with van der Waals surface area (Å²) in [5.41, 5.74) is 8.29. The molecule has 4 rings (SSSR count). The number of furan rings is 1. The summed E-state index contributed by atoms with van der Waals surface area (Å²) in [6.07, 6.45) is 3.54. The highest BCUT2D eigenvalue weighted by atomic mass is 127. The van der Waals surface area contributed by atoms with Crippen molar-refractivity contribution in [2.45, 2.75) is 39.2 Å². The molecule has 0 atom stereocenters. The number of imide groups is 1. The number of amides is 3. The fourth-order valence-electron chi connectivity index (χ4n) is 3.17. The van der Waals surface area contributed by atoms with Crippen LogP contribution in [0.15, 0.2) is 35.1 Å². The van der Waals surface area contributed by atoms with Crippen molar-refractivity contribution in [3.63, 3.8) is 0 Å². The predicted octanol–water partition coefficient (Wildman–Crippen LogP) is 5.52. The van der Waals surface area contributed by atoms with Crippen LogP contribution in [-0.2, 0) is 14.3 Å². The van der Waals surface area contributed by atoms with Gasteiger partial charge in [0.15, 0.2) is 5.58 Å². The summed E-state index contributed by atoms with van der Waals surface area (Å²) in [7, 11) is 1.53. The molecule has 0 radical (unpaired) electrons. The summed E-state index contributed by atoms with van der Waals surface area (Å²) >= 11 is 3.87. The second-order valence-electron chi connectivity index (χ2n) is 8.46. The normalized spacial score (nSPS) is 13.5. The smallest absolute Gasteiger partial charge is 0.412 e. The lowest BCUT2D eigenvalue weighted by molar-refractivity contribution is -0.130. The Hall–Kier alpha value is -2.62. The molecule has 3 heterocycles. The first-order valence-corrected chi connectivity index (χ1v) is 12.5. The Morgan fingerprint density at radius 3 is 2.43 bits per heavy atom. The van der Waals surface area contributed by atoms with Gasteiger partial charge in [-0.05, 0) is 61.1 Å². The number of ether oxygens (including phenoxy) is 2. The van der Waals surface area contributed by atoms with E-state index in [1.807, 2.05) is 6.07 Å². The molecule has 0 bridgehead atoms. The van der Waals surface area contributed by atoms with Crippen molar-refractivity contribution >= 4 is 85.8 Å². The van der Waals surface area contributed by atoms with Crippen LogP contribution in [0.3, 0.4) is 0 Å². The zero-order valence-corrected chi connectivity index (χ0v) is 23.8. The van der Waals surface area contributed by atoms with Gasteiger partial charge in [-0.3, -0.25) is 14.9 Å². The number of nitrogens with two attached hydrogens (primary N) is 1. The Bertz CT molecular complexity index is 1270. The van der Waals surface area contributed by atoms with E-state index in [1.54, 1.807) is 68.2 Å². The Kier molecular flexibility index (Phi) is 8.46. The van der Waals surface area contributed by atoms with Gasteiger partial charge in [-0.15, -0.1) is 0 Å². The zero-order chi connectivity index (χ0) is 25.9. The second kappa shape index (κ2) is 11.0. The number of nitrogens with one attached hydrogen (secondary N) is 1. The molecule has 3 amide bonds. The molecule has 0 saturated carbocycles. The van der Waals surface area contributed by atoms with Gasteiger partial charge in [0.2, 0.25) is 11.8 Å². The zero-order valence-electron chi connectivity index (χ0n) is 19.5. The number of aromatic nitrogens is 1. The maximum absolute atomic E-state index is 12.0. The highest BCUT2D eigenvalue weighted by Gasteiger charge is 2.26. The Morgan fingerprint density at radius 2 is 1.89 bits per heavy atom. The average Bonchev–Trinajstić information content (AvgIpc) is 3.36. The lowest BCUT2D eigenvalue weighted by atomic mass is 10.0.